The van der Waals surface area contributed by atoms with Gasteiger partial charge in [-0.3, -0.25) is 0 Å². The number of hydrogen-bond donors (Lipinski definition) is 1. The van der Waals surface area contributed by atoms with E-state index in [1.807, 2.05) is 0 Å². The Labute approximate surface area is 268 Å². The largest absolute Gasteiger partial charge is 0.489 e. The third-order valence-electron chi connectivity index (χ3n) is 8.48. The minimum absolute atomic E-state index is 0.000287. The van der Waals surface area contributed by atoms with Crippen LogP contribution in [0.5, 0.6) is 5.75 Å². The van der Waals surface area contributed by atoms with Gasteiger partial charge >= 0.3 is 0 Å². The summed E-state index contributed by atoms with van der Waals surface area (Å²) in [6.07, 6.45) is 12.0. The van der Waals surface area contributed by atoms with Crippen LogP contribution in [0.25, 0.3) is 0 Å². The third-order valence-corrected chi connectivity index (χ3v) is 10.1. The number of ether oxygens (including phenoxy) is 1. The lowest BCUT2D eigenvalue weighted by Crippen LogP contribution is -2.31. The van der Waals surface area contributed by atoms with Crippen LogP contribution in [-0.4, -0.2) is 35.4 Å². The second-order valence-corrected chi connectivity index (χ2v) is 19.9. The minimum atomic E-state index is -1.32. The maximum atomic E-state index is 10.7. The van der Waals surface area contributed by atoms with E-state index >= 15 is 0 Å². The fraction of sp³-hybridized carbons (Fsp3) is 0.676. The van der Waals surface area contributed by atoms with Crippen molar-refractivity contribution in [3.8, 4) is 5.75 Å². The highest BCUT2D eigenvalue weighted by Crippen LogP contribution is 2.46. The lowest BCUT2D eigenvalue weighted by molar-refractivity contribution is 0.0246. The number of hydrogen-bond acceptors (Lipinski definition) is 4. The zero-order chi connectivity index (χ0) is 32.6. The van der Waals surface area contributed by atoms with E-state index in [1.165, 1.54) is 27.8 Å². The van der Waals surface area contributed by atoms with Crippen LogP contribution >= 0.6 is 0 Å². The zero-order valence-corrected chi connectivity index (χ0v) is 32.2. The molecule has 0 fully saturated rings. The van der Waals surface area contributed by atoms with Crippen molar-refractivity contribution in [2.24, 2.45) is 10.8 Å². The van der Waals surface area contributed by atoms with Gasteiger partial charge in [-0.1, -0.05) is 86.6 Å². The first-order chi connectivity index (χ1) is 19.9. The van der Waals surface area contributed by atoms with E-state index in [0.717, 1.165) is 44.3 Å². The monoisotopic (exact) mass is 628 g/mol. The summed E-state index contributed by atoms with van der Waals surface area (Å²) in [5, 5.41) is 10.7. The summed E-state index contributed by atoms with van der Waals surface area (Å²) in [6, 6.07) is 6.59. The van der Waals surface area contributed by atoms with Crippen LogP contribution in [0.2, 0.25) is 26.2 Å². The highest BCUT2D eigenvalue weighted by atomic mass is 28.3. The molecule has 244 valence electrons. The normalized spacial score (nSPS) is 16.5. The fourth-order valence-corrected chi connectivity index (χ4v) is 8.04. The molecule has 0 saturated carbocycles. The van der Waals surface area contributed by atoms with Crippen molar-refractivity contribution >= 4 is 18.1 Å². The molecule has 0 spiro atoms. The Kier molecular flexibility index (Phi) is 14.2. The summed E-state index contributed by atoms with van der Waals surface area (Å²) in [5.41, 5.74) is 5.83. The predicted molar refractivity (Wildman–Crippen MR) is 190 cm³/mol. The number of allylic oxidation sites excluding steroid dienone is 5. The van der Waals surface area contributed by atoms with Crippen LogP contribution in [0.1, 0.15) is 124 Å². The third kappa shape index (κ3) is 11.5. The maximum absolute atomic E-state index is 10.7. The molecule has 2 atom stereocenters. The Morgan fingerprint density at radius 3 is 1.91 bits per heavy atom. The van der Waals surface area contributed by atoms with Gasteiger partial charge in [-0.25, -0.2) is 0 Å². The Balaban J connectivity index is 2.29. The summed E-state index contributed by atoms with van der Waals surface area (Å²) in [5.74, 6) is 0.885. The summed E-state index contributed by atoms with van der Waals surface area (Å²) in [7, 11) is -2.61. The molecular weight excluding hydrogens is 565 g/mol. The molecule has 2 unspecified atom stereocenters. The van der Waals surface area contributed by atoms with Crippen molar-refractivity contribution in [2.75, 3.05) is 6.61 Å². The molecule has 0 aliphatic heterocycles. The van der Waals surface area contributed by atoms with Gasteiger partial charge in [-0.05, 0) is 116 Å². The molecule has 4 nitrogen and oxygen atoms in total. The van der Waals surface area contributed by atoms with Gasteiger partial charge in [-0.2, -0.15) is 0 Å². The Morgan fingerprint density at radius 2 is 1.42 bits per heavy atom. The van der Waals surface area contributed by atoms with Crippen molar-refractivity contribution in [1.82, 2.24) is 0 Å². The minimum Gasteiger partial charge on any atom is -0.489 e. The van der Waals surface area contributed by atoms with Crippen LogP contribution in [0.4, 0.5) is 0 Å². The van der Waals surface area contributed by atoms with E-state index in [4.69, 9.17) is 13.6 Å². The van der Waals surface area contributed by atoms with Crippen molar-refractivity contribution in [2.45, 2.75) is 145 Å². The molecule has 1 aromatic carbocycles. The molecule has 1 N–H and O–H groups in total. The number of benzene rings is 1. The first-order valence-corrected chi connectivity index (χ1v) is 22.4. The number of aliphatic hydroxyl groups is 1. The average Bonchev–Trinajstić information content (AvgIpc) is 3.39. The Bertz CT molecular complexity index is 1110. The van der Waals surface area contributed by atoms with Gasteiger partial charge in [0, 0.05) is 0 Å². The average molecular weight is 629 g/mol. The molecule has 1 aliphatic carbocycles. The molecule has 43 heavy (non-hydrogen) atoms. The van der Waals surface area contributed by atoms with E-state index in [2.05, 4.69) is 125 Å². The maximum Gasteiger partial charge on any atom is 0.171 e. The highest BCUT2D eigenvalue weighted by Gasteiger charge is 2.36. The fourth-order valence-electron chi connectivity index (χ4n) is 5.84. The first kappa shape index (κ1) is 37.7. The van der Waals surface area contributed by atoms with Crippen molar-refractivity contribution in [3.05, 3.63) is 64.3 Å². The molecule has 0 bridgehead atoms. The molecule has 1 aromatic rings. The molecular formula is C37H64O4Si2. The quantitative estimate of drug-likeness (QED) is 0.185. The molecule has 2 rings (SSSR count). The first-order valence-electron chi connectivity index (χ1n) is 16.8. The summed E-state index contributed by atoms with van der Waals surface area (Å²) < 4.78 is 20.0. The summed E-state index contributed by atoms with van der Waals surface area (Å²) in [6.45, 7) is 29.6. The van der Waals surface area contributed by atoms with Gasteiger partial charge in [0.2, 0.25) is 0 Å². The second-order valence-electron chi connectivity index (χ2n) is 15.2. The van der Waals surface area contributed by atoms with Crippen LogP contribution in [0, 0.1) is 10.8 Å². The summed E-state index contributed by atoms with van der Waals surface area (Å²) >= 11 is 0. The van der Waals surface area contributed by atoms with E-state index < -0.39 is 23.7 Å². The van der Waals surface area contributed by atoms with E-state index in [1.54, 1.807) is 0 Å². The second kappa shape index (κ2) is 16.2. The van der Waals surface area contributed by atoms with Gasteiger partial charge in [0.1, 0.15) is 12.4 Å². The molecule has 0 heterocycles. The van der Waals surface area contributed by atoms with Gasteiger partial charge in [-0.15, -0.1) is 0 Å². The molecule has 0 saturated heterocycles. The Morgan fingerprint density at radius 1 is 0.860 bits per heavy atom. The Hall–Kier alpha value is -1.45. The van der Waals surface area contributed by atoms with Crippen LogP contribution in [0.15, 0.2) is 53.1 Å². The summed E-state index contributed by atoms with van der Waals surface area (Å²) in [4.78, 5) is 0. The van der Waals surface area contributed by atoms with Crippen LogP contribution in [-0.2, 0) is 8.85 Å². The van der Waals surface area contributed by atoms with Gasteiger partial charge < -0.3 is 18.7 Å². The molecule has 6 heteroatoms. The van der Waals surface area contributed by atoms with Crippen LogP contribution in [0.3, 0.4) is 0 Å². The lowest BCUT2D eigenvalue weighted by Gasteiger charge is -2.39. The SMILES string of the molecule is CC/C(=C\CCC(O)(CC)CC)C1=CC=C(COc2ccc(C(O[SiH](C)C)C(C)(C)C)c(C(O[SiH](C)C)C(C)(C)C)c2)C1. The van der Waals surface area contributed by atoms with Crippen molar-refractivity contribution < 1.29 is 18.7 Å². The van der Waals surface area contributed by atoms with E-state index in [9.17, 15) is 5.11 Å². The molecule has 0 aromatic heterocycles. The smallest absolute Gasteiger partial charge is 0.171 e. The molecule has 0 amide bonds. The standard InChI is InChI=1S/C37H64O4Si2/c1-14-28(18-17-23-37(38,15-2)16-3)29-20-19-27(24-29)26-39-30-21-22-31(33(35(4,5)6)40-42(10)11)32(25-30)34(36(7,8)9)41-43(12)13/h18-22,25,33-34,38,42-43H,14-17,23-24,26H2,1-13H3/b28-18+. The van der Waals surface area contributed by atoms with Crippen molar-refractivity contribution in [1.29, 1.82) is 0 Å². The highest BCUT2D eigenvalue weighted by molar-refractivity contribution is 6.48. The van der Waals surface area contributed by atoms with Crippen molar-refractivity contribution in [3.63, 3.8) is 0 Å². The predicted octanol–water partition coefficient (Wildman–Crippen LogP) is 10.2. The van der Waals surface area contributed by atoms with Gasteiger partial charge in [0.25, 0.3) is 0 Å². The van der Waals surface area contributed by atoms with E-state index in [-0.39, 0.29) is 23.0 Å². The van der Waals surface area contributed by atoms with Crippen LogP contribution < -0.4 is 4.74 Å². The van der Waals surface area contributed by atoms with Gasteiger partial charge in [0.15, 0.2) is 18.1 Å². The van der Waals surface area contributed by atoms with Gasteiger partial charge in [0.05, 0.1) is 17.8 Å². The molecule has 0 radical (unpaired) electrons. The number of rotatable bonds is 16. The van der Waals surface area contributed by atoms with E-state index in [0.29, 0.717) is 6.61 Å². The molecule has 1 aliphatic rings. The zero-order valence-electron chi connectivity index (χ0n) is 29.9. The topological polar surface area (TPSA) is 47.9 Å². The lowest BCUT2D eigenvalue weighted by atomic mass is 9.77.